The Hall–Kier alpha value is -3.72. The van der Waals surface area contributed by atoms with Crippen LogP contribution in [0.5, 0.6) is 0 Å². The Morgan fingerprint density at radius 1 is 1.12 bits per heavy atom. The van der Waals surface area contributed by atoms with Gasteiger partial charge in [-0.1, -0.05) is 12.1 Å². The van der Waals surface area contributed by atoms with E-state index in [0.717, 1.165) is 11.1 Å². The third-order valence-corrected chi connectivity index (χ3v) is 3.45. The van der Waals surface area contributed by atoms with Crippen molar-refractivity contribution in [2.75, 3.05) is 11.1 Å². The molecule has 0 unspecified atom stereocenters. The molecule has 24 heavy (non-hydrogen) atoms. The summed E-state index contributed by atoms with van der Waals surface area (Å²) in [7, 11) is 0. The van der Waals surface area contributed by atoms with E-state index in [-0.39, 0.29) is 0 Å². The summed E-state index contributed by atoms with van der Waals surface area (Å²) >= 11 is 0. The molecule has 0 aliphatic heterocycles. The van der Waals surface area contributed by atoms with Crippen molar-refractivity contribution in [1.29, 1.82) is 10.7 Å². The van der Waals surface area contributed by atoms with E-state index in [1.165, 1.54) is 6.21 Å². The lowest BCUT2D eigenvalue weighted by Crippen LogP contribution is -1.98. The van der Waals surface area contributed by atoms with Crippen LogP contribution in [-0.2, 0) is 0 Å². The second-order valence-corrected chi connectivity index (χ2v) is 5.12. The molecule has 0 atom stereocenters. The van der Waals surface area contributed by atoms with Gasteiger partial charge < -0.3 is 16.5 Å². The smallest absolute Gasteiger partial charge is 0.131 e. The van der Waals surface area contributed by atoms with Gasteiger partial charge in [-0.15, -0.1) is 0 Å². The minimum Gasteiger partial charge on any atom is -0.397 e. The van der Waals surface area contributed by atoms with Crippen molar-refractivity contribution in [3.8, 4) is 17.2 Å². The highest BCUT2D eigenvalue weighted by molar-refractivity contribution is 5.89. The largest absolute Gasteiger partial charge is 0.397 e. The Morgan fingerprint density at radius 3 is 2.75 bits per heavy atom. The maximum Gasteiger partial charge on any atom is 0.131 e. The molecule has 0 amide bonds. The zero-order valence-corrected chi connectivity index (χ0v) is 12.7. The zero-order chi connectivity index (χ0) is 16.9. The van der Waals surface area contributed by atoms with E-state index in [2.05, 4.69) is 21.4 Å². The van der Waals surface area contributed by atoms with Crippen LogP contribution in [0.2, 0.25) is 0 Å². The molecule has 0 radical (unpaired) electrons. The van der Waals surface area contributed by atoms with Crippen molar-refractivity contribution in [1.82, 2.24) is 9.97 Å². The Bertz CT molecular complexity index is 942. The average Bonchev–Trinajstić information content (AvgIpc) is 2.62. The lowest BCUT2D eigenvalue weighted by Gasteiger charge is -2.11. The highest BCUT2D eigenvalue weighted by Crippen LogP contribution is 2.27. The van der Waals surface area contributed by atoms with Gasteiger partial charge in [-0.2, -0.15) is 5.26 Å². The molecule has 0 aliphatic rings. The first-order valence-electron chi connectivity index (χ1n) is 7.18. The van der Waals surface area contributed by atoms with Crippen LogP contribution < -0.4 is 11.1 Å². The Labute approximate surface area is 139 Å². The molecule has 116 valence electrons. The molecular formula is C18H14N6. The molecule has 0 saturated carbocycles. The van der Waals surface area contributed by atoms with E-state index >= 15 is 0 Å². The zero-order valence-electron chi connectivity index (χ0n) is 12.7. The fourth-order valence-electron chi connectivity index (χ4n) is 2.29. The van der Waals surface area contributed by atoms with Crippen molar-refractivity contribution in [2.24, 2.45) is 0 Å². The number of nitrogens with two attached hydrogens (primary N) is 1. The summed E-state index contributed by atoms with van der Waals surface area (Å²) in [6.07, 6.45) is 6.15. The van der Waals surface area contributed by atoms with Crippen LogP contribution in [0, 0.1) is 16.7 Å². The van der Waals surface area contributed by atoms with Gasteiger partial charge in [0.2, 0.25) is 0 Å². The molecule has 4 N–H and O–H groups in total. The van der Waals surface area contributed by atoms with Gasteiger partial charge in [0.1, 0.15) is 5.82 Å². The topological polar surface area (TPSA) is 111 Å². The molecule has 3 aromatic rings. The van der Waals surface area contributed by atoms with E-state index in [1.807, 2.05) is 24.3 Å². The van der Waals surface area contributed by atoms with Crippen molar-refractivity contribution in [2.45, 2.75) is 0 Å². The van der Waals surface area contributed by atoms with E-state index in [4.69, 9.17) is 16.4 Å². The molecule has 2 aromatic heterocycles. The number of nitrogens with one attached hydrogen (secondary N) is 2. The fraction of sp³-hybridized carbons (Fsp3) is 0. The summed E-state index contributed by atoms with van der Waals surface area (Å²) in [5.74, 6) is 0.542. The van der Waals surface area contributed by atoms with Crippen LogP contribution in [0.25, 0.3) is 11.1 Å². The predicted octanol–water partition coefficient (Wildman–Crippen LogP) is 3.34. The molecule has 1 aromatic carbocycles. The highest BCUT2D eigenvalue weighted by atomic mass is 15.0. The first-order chi connectivity index (χ1) is 11.7. The van der Waals surface area contributed by atoms with Gasteiger partial charge in [0.15, 0.2) is 0 Å². The number of nitrogen functional groups attached to an aromatic ring is 1. The van der Waals surface area contributed by atoms with Gasteiger partial charge in [-0.05, 0) is 29.8 Å². The van der Waals surface area contributed by atoms with E-state index in [0.29, 0.717) is 28.3 Å². The molecule has 6 nitrogen and oxygen atoms in total. The van der Waals surface area contributed by atoms with Gasteiger partial charge in [-0.25, -0.2) is 4.98 Å². The van der Waals surface area contributed by atoms with Gasteiger partial charge in [-0.3, -0.25) is 4.98 Å². The summed E-state index contributed by atoms with van der Waals surface area (Å²) in [6.45, 7) is 0. The number of hydrogen-bond donors (Lipinski definition) is 3. The summed E-state index contributed by atoms with van der Waals surface area (Å²) in [5.41, 5.74) is 10.1. The molecule has 0 bridgehead atoms. The van der Waals surface area contributed by atoms with E-state index in [9.17, 15) is 0 Å². The molecule has 0 spiro atoms. The van der Waals surface area contributed by atoms with Gasteiger partial charge in [0.05, 0.1) is 17.3 Å². The number of nitriles is 1. The van der Waals surface area contributed by atoms with Crippen LogP contribution >= 0.6 is 0 Å². The minimum absolute atomic E-state index is 0.514. The fourth-order valence-corrected chi connectivity index (χ4v) is 2.29. The number of nitrogens with zero attached hydrogens (tertiary/aromatic N) is 3. The molecule has 6 heteroatoms. The van der Waals surface area contributed by atoms with Crippen molar-refractivity contribution >= 4 is 23.4 Å². The number of benzene rings is 1. The van der Waals surface area contributed by atoms with Crippen molar-refractivity contribution < 1.29 is 0 Å². The molecule has 0 aliphatic carbocycles. The predicted molar refractivity (Wildman–Crippen MR) is 94.2 cm³/mol. The van der Waals surface area contributed by atoms with Crippen LogP contribution in [-0.4, -0.2) is 16.2 Å². The number of anilines is 3. The normalized spacial score (nSPS) is 9.96. The van der Waals surface area contributed by atoms with Gasteiger partial charge in [0, 0.05) is 41.6 Å². The number of aromatic nitrogens is 2. The minimum atomic E-state index is 0.514. The number of rotatable bonds is 4. The Balaban J connectivity index is 2.01. The lowest BCUT2D eigenvalue weighted by molar-refractivity contribution is 1.29. The molecule has 2 heterocycles. The quantitative estimate of drug-likeness (QED) is 0.639. The number of pyridine rings is 2. The standard InChI is InChI=1S/C18H14N6/c19-8-12-3-4-23-18(5-12)24-17-7-13(1-2-14(17)9-20)15-6-16(21)11-22-10-15/h1-7,9-11,20H,21H2,(H,23,24). The second-order valence-electron chi connectivity index (χ2n) is 5.12. The monoisotopic (exact) mass is 314 g/mol. The van der Waals surface area contributed by atoms with Crippen LogP contribution in [0.1, 0.15) is 11.1 Å². The van der Waals surface area contributed by atoms with Gasteiger partial charge in [0.25, 0.3) is 0 Å². The highest BCUT2D eigenvalue weighted by Gasteiger charge is 2.07. The van der Waals surface area contributed by atoms with E-state index in [1.54, 1.807) is 30.7 Å². The average molecular weight is 314 g/mol. The summed E-state index contributed by atoms with van der Waals surface area (Å²) in [4.78, 5) is 8.31. The lowest BCUT2D eigenvalue weighted by atomic mass is 10.0. The molecule has 0 fully saturated rings. The second kappa shape index (κ2) is 6.58. The van der Waals surface area contributed by atoms with E-state index < -0.39 is 0 Å². The maximum atomic E-state index is 8.99. The first-order valence-corrected chi connectivity index (χ1v) is 7.18. The van der Waals surface area contributed by atoms with Crippen LogP contribution in [0.15, 0.2) is 55.0 Å². The molecule has 0 saturated heterocycles. The van der Waals surface area contributed by atoms with Crippen molar-refractivity contribution in [3.05, 3.63) is 66.1 Å². The SMILES string of the molecule is N#Cc1ccnc(Nc2cc(-c3cncc(N)c3)ccc2C=N)c1. The van der Waals surface area contributed by atoms with Crippen LogP contribution in [0.3, 0.4) is 0 Å². The van der Waals surface area contributed by atoms with Gasteiger partial charge >= 0.3 is 0 Å². The third kappa shape index (κ3) is 3.20. The Morgan fingerprint density at radius 2 is 2.00 bits per heavy atom. The first kappa shape index (κ1) is 15.2. The summed E-state index contributed by atoms with van der Waals surface area (Å²) in [6, 6.07) is 12.8. The Kier molecular flexibility index (Phi) is 4.17. The maximum absolute atomic E-state index is 8.99. The third-order valence-electron chi connectivity index (χ3n) is 3.45. The molecular weight excluding hydrogens is 300 g/mol. The summed E-state index contributed by atoms with van der Waals surface area (Å²) in [5, 5.41) is 19.7. The van der Waals surface area contributed by atoms with Crippen LogP contribution in [0.4, 0.5) is 17.2 Å². The number of hydrogen-bond acceptors (Lipinski definition) is 6. The van der Waals surface area contributed by atoms with Crippen molar-refractivity contribution in [3.63, 3.8) is 0 Å². The summed E-state index contributed by atoms with van der Waals surface area (Å²) < 4.78 is 0. The molecule has 3 rings (SSSR count).